The highest BCUT2D eigenvalue weighted by Gasteiger charge is 2.37. The number of hydrogen-bond acceptors (Lipinski definition) is 3. The zero-order valence-electron chi connectivity index (χ0n) is 9.51. The van der Waals surface area contributed by atoms with E-state index in [0.717, 1.165) is 0 Å². The molecule has 0 saturated carbocycles. The molecule has 1 aromatic rings. The van der Waals surface area contributed by atoms with E-state index < -0.39 is 10.0 Å². The van der Waals surface area contributed by atoms with Crippen LogP contribution < -0.4 is 5.73 Å². The summed E-state index contributed by atoms with van der Waals surface area (Å²) in [5.41, 5.74) is 5.84. The largest absolute Gasteiger partial charge is 0.326 e. The average molecular weight is 275 g/mol. The molecule has 1 saturated heterocycles. The lowest BCUT2D eigenvalue weighted by Crippen LogP contribution is -2.40. The Balaban J connectivity index is 2.37. The first-order chi connectivity index (χ1) is 7.93. The molecule has 0 radical (unpaired) electrons. The van der Waals surface area contributed by atoms with Gasteiger partial charge in [0.2, 0.25) is 10.0 Å². The van der Waals surface area contributed by atoms with Crippen molar-refractivity contribution in [3.8, 4) is 0 Å². The van der Waals surface area contributed by atoms with Gasteiger partial charge in [-0.2, -0.15) is 4.31 Å². The van der Waals surface area contributed by atoms with E-state index in [1.54, 1.807) is 18.2 Å². The van der Waals surface area contributed by atoms with E-state index in [1.807, 2.05) is 6.92 Å². The normalized spacial score (nSPS) is 26.3. The summed E-state index contributed by atoms with van der Waals surface area (Å²) < 4.78 is 26.2. The molecule has 2 atom stereocenters. The lowest BCUT2D eigenvalue weighted by atomic mass is 10.2. The molecule has 94 valence electrons. The molecule has 1 heterocycles. The molecular formula is C11H15ClN2O2S. The minimum Gasteiger partial charge on any atom is -0.326 e. The quantitative estimate of drug-likeness (QED) is 0.888. The molecular weight excluding hydrogens is 260 g/mol. The van der Waals surface area contributed by atoms with E-state index in [0.29, 0.717) is 18.0 Å². The number of benzene rings is 1. The van der Waals surface area contributed by atoms with Crippen LogP contribution in [0.25, 0.3) is 0 Å². The van der Waals surface area contributed by atoms with E-state index >= 15 is 0 Å². The summed E-state index contributed by atoms with van der Waals surface area (Å²) in [6.45, 7) is 2.30. The maximum Gasteiger partial charge on any atom is 0.243 e. The molecule has 2 unspecified atom stereocenters. The summed E-state index contributed by atoms with van der Waals surface area (Å²) in [6.07, 6.45) is 0.695. The molecule has 0 aromatic heterocycles. The Morgan fingerprint density at radius 3 is 2.71 bits per heavy atom. The number of nitrogens with two attached hydrogens (primary N) is 1. The van der Waals surface area contributed by atoms with Gasteiger partial charge in [-0.3, -0.25) is 0 Å². The van der Waals surface area contributed by atoms with Gasteiger partial charge in [-0.15, -0.1) is 0 Å². The standard InChI is InChI=1S/C11H15ClN2O2S/c1-8-11(13)5-6-14(8)17(15,16)10-4-2-3-9(12)7-10/h2-4,7-8,11H,5-6,13H2,1H3. The molecule has 0 amide bonds. The van der Waals surface area contributed by atoms with Crippen LogP contribution in [0.3, 0.4) is 0 Å². The first-order valence-corrected chi connectivity index (χ1v) is 7.28. The van der Waals surface area contributed by atoms with E-state index in [9.17, 15) is 8.42 Å². The molecule has 1 aromatic carbocycles. The van der Waals surface area contributed by atoms with Crippen molar-refractivity contribution in [2.75, 3.05) is 6.54 Å². The second-order valence-electron chi connectivity index (χ2n) is 4.27. The molecule has 0 spiro atoms. The lowest BCUT2D eigenvalue weighted by molar-refractivity contribution is 0.393. The molecule has 2 N–H and O–H groups in total. The summed E-state index contributed by atoms with van der Waals surface area (Å²) in [5.74, 6) is 0. The summed E-state index contributed by atoms with van der Waals surface area (Å²) in [5, 5.41) is 0.419. The minimum atomic E-state index is -3.47. The maximum absolute atomic E-state index is 12.4. The first-order valence-electron chi connectivity index (χ1n) is 5.46. The van der Waals surface area contributed by atoms with Gasteiger partial charge in [-0.25, -0.2) is 8.42 Å². The van der Waals surface area contributed by atoms with Crippen LogP contribution in [0.15, 0.2) is 29.2 Å². The predicted octanol–water partition coefficient (Wildman–Crippen LogP) is 1.45. The van der Waals surface area contributed by atoms with Crippen LogP contribution in [0.5, 0.6) is 0 Å². The molecule has 17 heavy (non-hydrogen) atoms. The van der Waals surface area contributed by atoms with Crippen molar-refractivity contribution in [3.63, 3.8) is 0 Å². The molecule has 1 aliphatic heterocycles. The van der Waals surface area contributed by atoms with Crippen LogP contribution in [-0.4, -0.2) is 31.4 Å². The Morgan fingerprint density at radius 2 is 2.18 bits per heavy atom. The number of hydrogen-bond donors (Lipinski definition) is 1. The minimum absolute atomic E-state index is 0.0936. The third-order valence-electron chi connectivity index (χ3n) is 3.16. The topological polar surface area (TPSA) is 63.4 Å². The van der Waals surface area contributed by atoms with Crippen molar-refractivity contribution < 1.29 is 8.42 Å². The zero-order chi connectivity index (χ0) is 12.6. The van der Waals surface area contributed by atoms with E-state index in [2.05, 4.69) is 0 Å². The number of rotatable bonds is 2. The molecule has 1 fully saturated rings. The SMILES string of the molecule is CC1C(N)CCN1S(=O)(=O)c1cccc(Cl)c1. The third kappa shape index (κ3) is 2.33. The Morgan fingerprint density at radius 1 is 1.47 bits per heavy atom. The van der Waals surface area contributed by atoms with Crippen molar-refractivity contribution in [2.24, 2.45) is 5.73 Å². The average Bonchev–Trinajstić information content (AvgIpc) is 2.60. The van der Waals surface area contributed by atoms with E-state index in [-0.39, 0.29) is 17.0 Å². The summed E-state index contributed by atoms with van der Waals surface area (Å²) in [4.78, 5) is 0.228. The second kappa shape index (κ2) is 4.57. The Kier molecular flexibility index (Phi) is 3.45. The second-order valence-corrected chi connectivity index (χ2v) is 6.59. The summed E-state index contributed by atoms with van der Waals surface area (Å²) in [6, 6.07) is 6.05. The van der Waals surface area contributed by atoms with Crippen molar-refractivity contribution in [1.29, 1.82) is 0 Å². The molecule has 1 aliphatic rings. The van der Waals surface area contributed by atoms with Gasteiger partial charge >= 0.3 is 0 Å². The lowest BCUT2D eigenvalue weighted by Gasteiger charge is -2.22. The third-order valence-corrected chi connectivity index (χ3v) is 5.38. The predicted molar refractivity (Wildman–Crippen MR) is 67.4 cm³/mol. The smallest absolute Gasteiger partial charge is 0.243 e. The number of sulfonamides is 1. The van der Waals surface area contributed by atoms with Gasteiger partial charge < -0.3 is 5.73 Å². The fourth-order valence-corrected chi connectivity index (χ4v) is 4.03. The van der Waals surface area contributed by atoms with Gasteiger partial charge in [0, 0.05) is 23.7 Å². The molecule has 6 heteroatoms. The van der Waals surface area contributed by atoms with Gasteiger partial charge in [-0.1, -0.05) is 17.7 Å². The summed E-state index contributed by atoms with van der Waals surface area (Å²) in [7, 11) is -3.47. The van der Waals surface area contributed by atoms with Crippen LogP contribution in [-0.2, 0) is 10.0 Å². The van der Waals surface area contributed by atoms with Gasteiger partial charge in [-0.05, 0) is 31.5 Å². The first kappa shape index (κ1) is 12.8. The molecule has 0 bridgehead atoms. The fraction of sp³-hybridized carbons (Fsp3) is 0.455. The Labute approximate surface area is 106 Å². The zero-order valence-corrected chi connectivity index (χ0v) is 11.1. The van der Waals surface area contributed by atoms with Gasteiger partial charge in [0.15, 0.2) is 0 Å². The van der Waals surface area contributed by atoms with Crippen LogP contribution in [0.2, 0.25) is 5.02 Å². The highest BCUT2D eigenvalue weighted by molar-refractivity contribution is 7.89. The van der Waals surface area contributed by atoms with Crippen LogP contribution in [0.4, 0.5) is 0 Å². The van der Waals surface area contributed by atoms with Crippen molar-refractivity contribution >= 4 is 21.6 Å². The number of nitrogens with zero attached hydrogens (tertiary/aromatic N) is 1. The van der Waals surface area contributed by atoms with Gasteiger partial charge in [0.25, 0.3) is 0 Å². The van der Waals surface area contributed by atoms with Crippen LogP contribution in [0, 0.1) is 0 Å². The van der Waals surface area contributed by atoms with Crippen molar-refractivity contribution in [3.05, 3.63) is 29.3 Å². The van der Waals surface area contributed by atoms with E-state index in [1.165, 1.54) is 10.4 Å². The molecule has 0 aliphatic carbocycles. The Hall–Kier alpha value is -0.620. The van der Waals surface area contributed by atoms with E-state index in [4.69, 9.17) is 17.3 Å². The highest BCUT2D eigenvalue weighted by Crippen LogP contribution is 2.26. The Bertz CT molecular complexity index is 518. The molecule has 2 rings (SSSR count). The number of halogens is 1. The van der Waals surface area contributed by atoms with Crippen molar-refractivity contribution in [1.82, 2.24) is 4.31 Å². The summed E-state index contributed by atoms with van der Waals surface area (Å²) >= 11 is 5.81. The highest BCUT2D eigenvalue weighted by atomic mass is 35.5. The van der Waals surface area contributed by atoms with Crippen LogP contribution >= 0.6 is 11.6 Å². The fourth-order valence-electron chi connectivity index (χ4n) is 2.04. The van der Waals surface area contributed by atoms with Gasteiger partial charge in [0.05, 0.1) is 4.90 Å². The van der Waals surface area contributed by atoms with Crippen molar-refractivity contribution in [2.45, 2.75) is 30.3 Å². The molecule has 4 nitrogen and oxygen atoms in total. The van der Waals surface area contributed by atoms with Gasteiger partial charge in [0.1, 0.15) is 0 Å². The van der Waals surface area contributed by atoms with Crippen LogP contribution in [0.1, 0.15) is 13.3 Å². The monoisotopic (exact) mass is 274 g/mol. The maximum atomic E-state index is 12.4.